The summed E-state index contributed by atoms with van der Waals surface area (Å²) in [6, 6.07) is 38.7. The Morgan fingerprint density at radius 3 is 1.50 bits per heavy atom. The van der Waals surface area contributed by atoms with E-state index in [1.54, 1.807) is 24.3 Å². The molecule has 1 aromatic heterocycles. The van der Waals surface area contributed by atoms with Gasteiger partial charge in [-0.1, -0.05) is 84.9 Å². The predicted molar refractivity (Wildman–Crippen MR) is 160 cm³/mol. The van der Waals surface area contributed by atoms with Crippen LogP contribution in [0.1, 0.15) is 21.8 Å². The van der Waals surface area contributed by atoms with Gasteiger partial charge >= 0.3 is 5.69 Å². The Morgan fingerprint density at radius 1 is 0.675 bits per heavy atom. The molecule has 40 heavy (non-hydrogen) atoms. The summed E-state index contributed by atoms with van der Waals surface area (Å²) in [5, 5.41) is 16.7. The number of rotatable bonds is 8. The Labute approximate surface area is 233 Å². The molecule has 7 heteroatoms. The largest absolute Gasteiger partial charge is 0.860 e. The summed E-state index contributed by atoms with van der Waals surface area (Å²) in [7, 11) is 0.0517. The van der Waals surface area contributed by atoms with Crippen molar-refractivity contribution in [3.63, 3.8) is 0 Å². The molecule has 0 saturated heterocycles. The second-order valence-electron chi connectivity index (χ2n) is 9.71. The van der Waals surface area contributed by atoms with Crippen molar-refractivity contribution >= 4 is 29.0 Å². The molecule has 0 fully saturated rings. The Kier molecular flexibility index (Phi) is 7.63. The van der Waals surface area contributed by atoms with E-state index in [-0.39, 0.29) is 17.5 Å². The summed E-state index contributed by atoms with van der Waals surface area (Å²) in [5.74, 6) is -2.18. The Bertz CT molecular complexity index is 1650. The third kappa shape index (κ3) is 4.72. The van der Waals surface area contributed by atoms with Crippen LogP contribution >= 0.6 is 7.26 Å². The first-order valence-corrected chi connectivity index (χ1v) is 14.9. The third-order valence-electron chi connectivity index (χ3n) is 7.41. The molecule has 0 aliphatic rings. The minimum atomic E-state index is -2.63. The number of carbonyl (C=O) groups excluding carboxylic acids is 1. The van der Waals surface area contributed by atoms with Gasteiger partial charge < -0.3 is 9.67 Å². The maximum absolute atomic E-state index is 14.4. The number of aromatic nitrogens is 2. The number of hydrogen-bond donors (Lipinski definition) is 0. The molecule has 1 heterocycles. The van der Waals surface area contributed by atoms with Crippen LogP contribution in [0.2, 0.25) is 0 Å². The van der Waals surface area contributed by atoms with Gasteiger partial charge in [0.2, 0.25) is 0 Å². The molecule has 1 atom stereocenters. The van der Waals surface area contributed by atoms with E-state index in [9.17, 15) is 19.5 Å². The number of benzene rings is 4. The minimum absolute atomic E-state index is 0.189. The van der Waals surface area contributed by atoms with Crippen LogP contribution in [0.25, 0.3) is 0 Å². The average molecular weight is 549 g/mol. The maximum atomic E-state index is 14.4. The average Bonchev–Trinajstić information content (AvgIpc) is 3.02. The van der Waals surface area contributed by atoms with E-state index in [0.717, 1.165) is 25.0 Å². The van der Waals surface area contributed by atoms with Gasteiger partial charge in [-0.3, -0.25) is 14.2 Å². The fraction of sp³-hybridized carbons (Fsp3) is 0.121. The van der Waals surface area contributed by atoms with Crippen LogP contribution in [0, 0.1) is 0 Å². The summed E-state index contributed by atoms with van der Waals surface area (Å²) >= 11 is 0. The van der Waals surface area contributed by atoms with Gasteiger partial charge in [-0.2, -0.15) is 0 Å². The summed E-state index contributed by atoms with van der Waals surface area (Å²) in [6.07, 6.45) is 0.196. The highest BCUT2D eigenvalue weighted by atomic mass is 31.2. The smallest absolute Gasteiger partial charge is 0.329 e. The van der Waals surface area contributed by atoms with Crippen molar-refractivity contribution in [3.05, 3.63) is 153 Å². The van der Waals surface area contributed by atoms with Crippen LogP contribution < -0.4 is 32.3 Å². The van der Waals surface area contributed by atoms with E-state index in [1.807, 2.05) is 60.7 Å². The van der Waals surface area contributed by atoms with Crippen LogP contribution in [-0.4, -0.2) is 21.1 Å². The summed E-state index contributed by atoms with van der Waals surface area (Å²) in [6.45, 7) is 0. The fourth-order valence-electron chi connectivity index (χ4n) is 5.34. The molecule has 0 radical (unpaired) electrons. The van der Waals surface area contributed by atoms with Crippen molar-refractivity contribution in [1.82, 2.24) is 9.13 Å². The van der Waals surface area contributed by atoms with Crippen molar-refractivity contribution in [1.29, 1.82) is 0 Å². The lowest BCUT2D eigenvalue weighted by atomic mass is 9.93. The normalized spacial score (nSPS) is 12.2. The Balaban J connectivity index is 1.87. The van der Waals surface area contributed by atoms with Gasteiger partial charge in [0.25, 0.3) is 5.56 Å². The zero-order valence-corrected chi connectivity index (χ0v) is 23.2. The van der Waals surface area contributed by atoms with Gasteiger partial charge in [0.05, 0.1) is 12.1 Å². The molecule has 0 bridgehead atoms. The zero-order valence-electron chi connectivity index (χ0n) is 22.3. The highest BCUT2D eigenvalue weighted by Gasteiger charge is 2.49. The molecule has 5 rings (SSSR count). The molecule has 0 spiro atoms. The minimum Gasteiger partial charge on any atom is -0.860 e. The lowest BCUT2D eigenvalue weighted by Crippen LogP contribution is -2.44. The first-order valence-electron chi connectivity index (χ1n) is 13.0. The van der Waals surface area contributed by atoms with Crippen molar-refractivity contribution in [2.45, 2.75) is 5.92 Å². The van der Waals surface area contributed by atoms with Crippen molar-refractivity contribution in [2.75, 3.05) is 6.16 Å². The van der Waals surface area contributed by atoms with Crippen LogP contribution in [0.15, 0.2) is 131 Å². The SMILES string of the molecule is Cn1c([O-])c(C(C[P+](c2ccccc2)(c2ccccc2)c2ccccc2)C(=O)c2ccccc2)c(=O)n(C)c1=O. The topological polar surface area (TPSA) is 84.1 Å². The Morgan fingerprint density at radius 2 is 1.07 bits per heavy atom. The lowest BCUT2D eigenvalue weighted by molar-refractivity contribution is -0.281. The summed E-state index contributed by atoms with van der Waals surface area (Å²) in [5.41, 5.74) is -1.25. The molecule has 0 N–H and O–H groups in total. The maximum Gasteiger partial charge on any atom is 0.329 e. The van der Waals surface area contributed by atoms with Crippen molar-refractivity contribution in [3.8, 4) is 5.88 Å². The van der Waals surface area contributed by atoms with Gasteiger partial charge in [-0.15, -0.1) is 0 Å². The molecule has 0 aliphatic carbocycles. The number of ketones is 1. The highest BCUT2D eigenvalue weighted by molar-refractivity contribution is 7.95. The van der Waals surface area contributed by atoms with Crippen LogP contribution in [0.4, 0.5) is 0 Å². The number of Topliss-reactive ketones (excluding diaryl/α,β-unsaturated/α-hetero) is 1. The molecule has 200 valence electrons. The monoisotopic (exact) mass is 548 g/mol. The van der Waals surface area contributed by atoms with Crippen LogP contribution in [0.3, 0.4) is 0 Å². The standard InChI is InChI=1S/C33H29N2O4P/c1-34-31(37)29(32(38)35(2)33(34)39)28(30(36)24-15-7-3-8-16-24)23-40(25-17-9-4-10-18-25,26-19-11-5-12-20-26)27-21-13-6-14-22-27/h3-22,28H,23H2,1-2H3. The second-order valence-corrected chi connectivity index (χ2v) is 13.2. The predicted octanol–water partition coefficient (Wildman–Crippen LogP) is 3.12. The van der Waals surface area contributed by atoms with Crippen LogP contribution in [-0.2, 0) is 14.1 Å². The number of hydrogen-bond acceptors (Lipinski definition) is 4. The molecular formula is C33H29N2O4P. The van der Waals surface area contributed by atoms with E-state index in [0.29, 0.717) is 5.56 Å². The van der Waals surface area contributed by atoms with Crippen molar-refractivity contribution < 1.29 is 9.90 Å². The van der Waals surface area contributed by atoms with Gasteiger partial charge in [0.1, 0.15) is 23.2 Å². The van der Waals surface area contributed by atoms with Gasteiger partial charge in [-0.05, 0) is 42.3 Å². The number of carbonyl (C=O) groups is 1. The third-order valence-corrected chi connectivity index (χ3v) is 11.9. The molecule has 4 aromatic carbocycles. The molecule has 6 nitrogen and oxygen atoms in total. The first kappa shape index (κ1) is 27.0. The molecule has 0 amide bonds. The van der Waals surface area contributed by atoms with Gasteiger partial charge in [0.15, 0.2) is 5.78 Å². The lowest BCUT2D eigenvalue weighted by Gasteiger charge is -2.32. The van der Waals surface area contributed by atoms with Gasteiger partial charge in [0, 0.05) is 25.2 Å². The van der Waals surface area contributed by atoms with Crippen molar-refractivity contribution in [2.24, 2.45) is 14.1 Å². The fourth-order valence-corrected chi connectivity index (χ4v) is 9.81. The summed E-state index contributed by atoms with van der Waals surface area (Å²) in [4.78, 5) is 40.6. The molecule has 5 aromatic rings. The molecule has 1 unspecified atom stereocenters. The quantitative estimate of drug-likeness (QED) is 0.220. The van der Waals surface area contributed by atoms with E-state index in [2.05, 4.69) is 36.4 Å². The van der Waals surface area contributed by atoms with Crippen LogP contribution in [0.5, 0.6) is 5.88 Å². The first-order chi connectivity index (χ1) is 19.4. The molecule has 0 saturated carbocycles. The molecule has 0 aliphatic heterocycles. The van der Waals surface area contributed by atoms with E-state index < -0.39 is 30.3 Å². The van der Waals surface area contributed by atoms with Gasteiger partial charge in [-0.25, -0.2) is 4.79 Å². The number of nitrogens with zero attached hydrogens (tertiary/aromatic N) is 2. The summed E-state index contributed by atoms with van der Waals surface area (Å²) < 4.78 is 1.82. The van der Waals surface area contributed by atoms with E-state index >= 15 is 0 Å². The Hall–Kier alpha value is -4.54. The second kappa shape index (κ2) is 11.3. The van der Waals surface area contributed by atoms with E-state index in [1.165, 1.54) is 14.1 Å². The highest BCUT2D eigenvalue weighted by Crippen LogP contribution is 2.58. The zero-order chi connectivity index (χ0) is 28.3. The molecular weight excluding hydrogens is 519 g/mol. The van der Waals surface area contributed by atoms with E-state index in [4.69, 9.17) is 0 Å².